The van der Waals surface area contributed by atoms with Gasteiger partial charge in [0.25, 0.3) is 0 Å². The topological polar surface area (TPSA) is 75.7 Å². The fraction of sp³-hybridized carbons (Fsp3) is 0.214. The van der Waals surface area contributed by atoms with Crippen molar-refractivity contribution in [3.05, 3.63) is 35.9 Å². The van der Waals surface area contributed by atoms with Crippen molar-refractivity contribution in [2.45, 2.75) is 13.3 Å². The Morgan fingerprint density at radius 2 is 2.05 bits per heavy atom. The van der Waals surface area contributed by atoms with Crippen molar-refractivity contribution < 1.29 is 4.74 Å². The summed E-state index contributed by atoms with van der Waals surface area (Å²) in [5.74, 6) is 1.43. The molecule has 7 heteroatoms. The van der Waals surface area contributed by atoms with Crippen LogP contribution in [0.2, 0.25) is 5.28 Å². The van der Waals surface area contributed by atoms with Gasteiger partial charge >= 0.3 is 0 Å². The number of anilines is 2. The number of aromatic nitrogens is 4. The van der Waals surface area contributed by atoms with Gasteiger partial charge in [0.1, 0.15) is 11.3 Å². The maximum Gasteiger partial charge on any atom is 0.226 e. The van der Waals surface area contributed by atoms with Crippen LogP contribution in [0.1, 0.15) is 13.3 Å². The molecule has 2 N–H and O–H groups in total. The summed E-state index contributed by atoms with van der Waals surface area (Å²) in [7, 11) is 0. The number of benzene rings is 1. The van der Waals surface area contributed by atoms with E-state index in [9.17, 15) is 0 Å². The van der Waals surface area contributed by atoms with Crippen LogP contribution in [-0.2, 0) is 0 Å². The minimum absolute atomic E-state index is 0.153. The molecular weight excluding hydrogens is 290 g/mol. The summed E-state index contributed by atoms with van der Waals surface area (Å²) < 4.78 is 5.55. The number of nitrogens with zero attached hydrogens (tertiary/aromatic N) is 3. The summed E-state index contributed by atoms with van der Waals surface area (Å²) in [4.78, 5) is 15.3. The van der Waals surface area contributed by atoms with Crippen molar-refractivity contribution in [1.29, 1.82) is 0 Å². The standard InChI is InChI=1S/C14H14ClN5O/c1-2-7-21-10-5-3-9(4-6-10)18-13-11-12(17-8-16-11)19-14(15)20-13/h3-6,8H,2,7H2,1H3,(H2,16,17,18,19,20). The van der Waals surface area contributed by atoms with Crippen LogP contribution in [0.15, 0.2) is 30.6 Å². The Morgan fingerprint density at radius 1 is 1.24 bits per heavy atom. The van der Waals surface area contributed by atoms with Gasteiger partial charge in [0.05, 0.1) is 12.9 Å². The third kappa shape index (κ3) is 3.05. The highest BCUT2D eigenvalue weighted by Gasteiger charge is 2.09. The van der Waals surface area contributed by atoms with Gasteiger partial charge < -0.3 is 15.0 Å². The quantitative estimate of drug-likeness (QED) is 0.705. The lowest BCUT2D eigenvalue weighted by Gasteiger charge is -2.08. The van der Waals surface area contributed by atoms with Crippen LogP contribution < -0.4 is 10.1 Å². The molecule has 0 unspecified atom stereocenters. The first kappa shape index (κ1) is 13.6. The largest absolute Gasteiger partial charge is 0.494 e. The summed E-state index contributed by atoms with van der Waals surface area (Å²) in [6.07, 6.45) is 2.54. The van der Waals surface area contributed by atoms with Crippen LogP contribution in [0, 0.1) is 0 Å². The molecule has 0 amide bonds. The van der Waals surface area contributed by atoms with Gasteiger partial charge in [-0.2, -0.15) is 9.97 Å². The SMILES string of the molecule is CCCOc1ccc(Nc2nc(Cl)nc3nc[nH]c23)cc1. The zero-order chi connectivity index (χ0) is 14.7. The number of rotatable bonds is 5. The molecule has 2 heterocycles. The summed E-state index contributed by atoms with van der Waals surface area (Å²) >= 11 is 5.89. The average molecular weight is 304 g/mol. The van der Waals surface area contributed by atoms with E-state index < -0.39 is 0 Å². The highest BCUT2D eigenvalue weighted by molar-refractivity contribution is 6.28. The van der Waals surface area contributed by atoms with E-state index in [1.807, 2.05) is 24.3 Å². The van der Waals surface area contributed by atoms with Crippen LogP contribution >= 0.6 is 11.6 Å². The molecule has 0 saturated carbocycles. The molecule has 0 aliphatic heterocycles. The number of aromatic amines is 1. The van der Waals surface area contributed by atoms with E-state index >= 15 is 0 Å². The molecule has 21 heavy (non-hydrogen) atoms. The first-order valence-electron chi connectivity index (χ1n) is 6.63. The first-order chi connectivity index (χ1) is 10.3. The zero-order valence-electron chi connectivity index (χ0n) is 11.4. The monoisotopic (exact) mass is 303 g/mol. The lowest BCUT2D eigenvalue weighted by Crippen LogP contribution is -1.98. The van der Waals surface area contributed by atoms with E-state index in [4.69, 9.17) is 16.3 Å². The highest BCUT2D eigenvalue weighted by atomic mass is 35.5. The maximum absolute atomic E-state index is 5.89. The molecular formula is C14H14ClN5O. The van der Waals surface area contributed by atoms with E-state index in [1.54, 1.807) is 6.33 Å². The normalized spacial score (nSPS) is 10.8. The Bertz CT molecular complexity index is 741. The molecule has 0 aliphatic rings. The first-order valence-corrected chi connectivity index (χ1v) is 7.00. The van der Waals surface area contributed by atoms with E-state index in [0.717, 1.165) is 17.9 Å². The predicted octanol–water partition coefficient (Wildman–Crippen LogP) is 3.54. The molecule has 0 fully saturated rings. The van der Waals surface area contributed by atoms with Gasteiger partial charge in [-0.25, -0.2) is 4.98 Å². The van der Waals surface area contributed by atoms with E-state index in [-0.39, 0.29) is 5.28 Å². The number of hydrogen-bond donors (Lipinski definition) is 2. The molecule has 0 saturated heterocycles. The van der Waals surface area contributed by atoms with Crippen LogP contribution in [0.5, 0.6) is 5.75 Å². The smallest absolute Gasteiger partial charge is 0.226 e. The predicted molar refractivity (Wildman–Crippen MR) is 82.2 cm³/mol. The fourth-order valence-corrected chi connectivity index (χ4v) is 2.05. The Hall–Kier alpha value is -2.34. The minimum atomic E-state index is 0.153. The average Bonchev–Trinajstić information content (AvgIpc) is 2.95. The number of halogens is 1. The lowest BCUT2D eigenvalue weighted by atomic mass is 10.3. The number of hydrogen-bond acceptors (Lipinski definition) is 5. The van der Waals surface area contributed by atoms with Gasteiger partial charge in [-0.3, -0.25) is 0 Å². The molecule has 108 valence electrons. The van der Waals surface area contributed by atoms with Gasteiger partial charge in [-0.05, 0) is 42.3 Å². The molecule has 2 aromatic heterocycles. The number of ether oxygens (including phenoxy) is 1. The van der Waals surface area contributed by atoms with Gasteiger partial charge in [0.15, 0.2) is 11.5 Å². The summed E-state index contributed by atoms with van der Waals surface area (Å²) in [6, 6.07) is 7.66. The summed E-state index contributed by atoms with van der Waals surface area (Å²) in [5, 5.41) is 3.35. The summed E-state index contributed by atoms with van der Waals surface area (Å²) in [5.41, 5.74) is 2.12. The maximum atomic E-state index is 5.89. The fourth-order valence-electron chi connectivity index (χ4n) is 1.89. The lowest BCUT2D eigenvalue weighted by molar-refractivity contribution is 0.317. The minimum Gasteiger partial charge on any atom is -0.494 e. The van der Waals surface area contributed by atoms with Gasteiger partial charge in [0, 0.05) is 5.69 Å². The molecule has 0 bridgehead atoms. The van der Waals surface area contributed by atoms with E-state index in [1.165, 1.54) is 0 Å². The second-order valence-corrected chi connectivity index (χ2v) is 4.78. The van der Waals surface area contributed by atoms with Crippen molar-refractivity contribution in [3.63, 3.8) is 0 Å². The molecule has 1 aromatic carbocycles. The van der Waals surface area contributed by atoms with Crippen molar-refractivity contribution >= 4 is 34.3 Å². The van der Waals surface area contributed by atoms with Crippen LogP contribution in [0.3, 0.4) is 0 Å². The van der Waals surface area contributed by atoms with Gasteiger partial charge in [-0.15, -0.1) is 0 Å². The van der Waals surface area contributed by atoms with Crippen LogP contribution in [0.4, 0.5) is 11.5 Å². The number of nitrogens with one attached hydrogen (secondary N) is 2. The van der Waals surface area contributed by atoms with Crippen LogP contribution in [0.25, 0.3) is 11.2 Å². The second kappa shape index (κ2) is 5.97. The third-order valence-electron chi connectivity index (χ3n) is 2.85. The Balaban J connectivity index is 1.83. The molecule has 0 radical (unpaired) electrons. The van der Waals surface area contributed by atoms with Crippen molar-refractivity contribution in [2.24, 2.45) is 0 Å². The second-order valence-electron chi connectivity index (χ2n) is 4.44. The van der Waals surface area contributed by atoms with Gasteiger partial charge in [0.2, 0.25) is 5.28 Å². The Kier molecular flexibility index (Phi) is 3.87. The van der Waals surface area contributed by atoms with Gasteiger partial charge in [-0.1, -0.05) is 6.92 Å². The summed E-state index contributed by atoms with van der Waals surface area (Å²) in [6.45, 7) is 2.79. The molecule has 0 spiro atoms. The van der Waals surface area contributed by atoms with E-state index in [0.29, 0.717) is 23.6 Å². The number of imidazole rings is 1. The molecule has 3 aromatic rings. The molecule has 0 atom stereocenters. The number of fused-ring (bicyclic) bond motifs is 1. The van der Waals surface area contributed by atoms with Crippen LogP contribution in [-0.4, -0.2) is 26.5 Å². The zero-order valence-corrected chi connectivity index (χ0v) is 12.2. The number of H-pyrrole nitrogens is 1. The third-order valence-corrected chi connectivity index (χ3v) is 3.02. The van der Waals surface area contributed by atoms with Crippen molar-refractivity contribution in [3.8, 4) is 5.75 Å². The Morgan fingerprint density at radius 3 is 2.81 bits per heavy atom. The Labute approximate surface area is 126 Å². The highest BCUT2D eigenvalue weighted by Crippen LogP contribution is 2.24. The molecule has 3 rings (SSSR count). The molecule has 6 nitrogen and oxygen atoms in total. The molecule has 0 aliphatic carbocycles. The van der Waals surface area contributed by atoms with Crippen molar-refractivity contribution in [1.82, 2.24) is 19.9 Å². The van der Waals surface area contributed by atoms with Crippen molar-refractivity contribution in [2.75, 3.05) is 11.9 Å². The van der Waals surface area contributed by atoms with E-state index in [2.05, 4.69) is 32.2 Å².